The number of halogens is 1. The molecule has 1 rings (SSSR count). The topological polar surface area (TPSA) is 57.6 Å². The van der Waals surface area contributed by atoms with Crippen LogP contribution in [0.1, 0.15) is 42.6 Å². The van der Waals surface area contributed by atoms with Gasteiger partial charge < -0.3 is 10.0 Å². The van der Waals surface area contributed by atoms with Crippen molar-refractivity contribution in [2.75, 3.05) is 13.1 Å². The number of hydrogen-bond donors (Lipinski definition) is 1. The predicted molar refractivity (Wildman–Crippen MR) is 79.6 cm³/mol. The fourth-order valence-corrected chi connectivity index (χ4v) is 1.89. The molecular weight excluding hydrogens is 273 g/mol. The van der Waals surface area contributed by atoms with Crippen LogP contribution in [0.3, 0.4) is 0 Å². The molecule has 0 saturated carbocycles. The first-order valence-corrected chi connectivity index (χ1v) is 6.99. The van der Waals surface area contributed by atoms with Crippen molar-refractivity contribution in [2.24, 2.45) is 0 Å². The summed E-state index contributed by atoms with van der Waals surface area (Å²) in [6.45, 7) is 5.14. The van der Waals surface area contributed by atoms with Gasteiger partial charge in [0, 0.05) is 30.3 Å². The third-order valence-corrected chi connectivity index (χ3v) is 3.10. The molecule has 1 amide bonds. The summed E-state index contributed by atoms with van der Waals surface area (Å²) in [7, 11) is 0. The lowest BCUT2D eigenvalue weighted by molar-refractivity contribution is -0.131. The van der Waals surface area contributed by atoms with Crippen molar-refractivity contribution in [1.29, 1.82) is 0 Å². The average molecular weight is 293 g/mol. The van der Waals surface area contributed by atoms with E-state index in [1.807, 2.05) is 13.8 Å². The molecule has 0 aromatic heterocycles. The number of carboxylic acids is 1. The summed E-state index contributed by atoms with van der Waals surface area (Å²) in [6, 6.07) is 4.08. The molecular formula is C16H20FNO3. The van der Waals surface area contributed by atoms with Crippen molar-refractivity contribution in [3.63, 3.8) is 0 Å². The zero-order chi connectivity index (χ0) is 15.8. The van der Waals surface area contributed by atoms with Gasteiger partial charge in [0.25, 0.3) is 5.91 Å². The second-order valence-electron chi connectivity index (χ2n) is 4.65. The van der Waals surface area contributed by atoms with Gasteiger partial charge in [-0.25, -0.2) is 9.18 Å². The average Bonchev–Trinajstić information content (AvgIpc) is 2.46. The van der Waals surface area contributed by atoms with Crippen LogP contribution in [0.4, 0.5) is 4.39 Å². The third-order valence-electron chi connectivity index (χ3n) is 3.10. The molecule has 0 radical (unpaired) electrons. The van der Waals surface area contributed by atoms with Gasteiger partial charge in [0.15, 0.2) is 0 Å². The van der Waals surface area contributed by atoms with Crippen molar-refractivity contribution in [1.82, 2.24) is 4.90 Å². The molecule has 0 aliphatic heterocycles. The fraction of sp³-hybridized carbons (Fsp3) is 0.375. The summed E-state index contributed by atoms with van der Waals surface area (Å²) in [6.07, 6.45) is 3.92. The Bertz CT molecular complexity index is 540. The maximum atomic E-state index is 13.9. The van der Waals surface area contributed by atoms with Gasteiger partial charge in [-0.3, -0.25) is 4.79 Å². The van der Waals surface area contributed by atoms with Crippen LogP contribution in [0.5, 0.6) is 0 Å². The number of benzene rings is 1. The first kappa shape index (κ1) is 16.9. The Balaban J connectivity index is 2.91. The van der Waals surface area contributed by atoms with E-state index in [4.69, 9.17) is 5.11 Å². The van der Waals surface area contributed by atoms with E-state index in [2.05, 4.69) is 0 Å². The number of aliphatic carboxylic acids is 1. The molecule has 1 N–H and O–H groups in total. The molecule has 0 bridgehead atoms. The lowest BCUT2D eigenvalue weighted by Gasteiger charge is -2.20. The van der Waals surface area contributed by atoms with Crippen LogP contribution in [0, 0.1) is 5.82 Å². The Morgan fingerprint density at radius 2 is 2.05 bits per heavy atom. The summed E-state index contributed by atoms with van der Waals surface area (Å²) in [4.78, 5) is 24.3. The standard InChI is InChI=1S/C16H20FNO3/c1-3-5-10-18(4-2)16(21)13-7-6-12(14(17)11-13)8-9-15(19)20/h6-9,11H,3-5,10H2,1-2H3,(H,19,20). The number of carbonyl (C=O) groups is 2. The number of hydrogen-bond acceptors (Lipinski definition) is 2. The summed E-state index contributed by atoms with van der Waals surface area (Å²) >= 11 is 0. The maximum Gasteiger partial charge on any atom is 0.328 e. The maximum absolute atomic E-state index is 13.9. The quantitative estimate of drug-likeness (QED) is 0.785. The molecule has 0 spiro atoms. The Kier molecular flexibility index (Phi) is 6.59. The third kappa shape index (κ3) is 5.02. The second kappa shape index (κ2) is 8.19. The zero-order valence-electron chi connectivity index (χ0n) is 12.3. The molecule has 114 valence electrons. The highest BCUT2D eigenvalue weighted by molar-refractivity contribution is 5.94. The van der Waals surface area contributed by atoms with Crippen LogP contribution in [-0.2, 0) is 4.79 Å². The first-order valence-electron chi connectivity index (χ1n) is 6.99. The number of carbonyl (C=O) groups excluding carboxylic acids is 1. The second-order valence-corrected chi connectivity index (χ2v) is 4.65. The molecule has 0 saturated heterocycles. The Morgan fingerprint density at radius 1 is 1.33 bits per heavy atom. The van der Waals surface area contributed by atoms with Crippen LogP contribution in [0.25, 0.3) is 6.08 Å². The van der Waals surface area contributed by atoms with Crippen molar-refractivity contribution in [3.8, 4) is 0 Å². The van der Waals surface area contributed by atoms with E-state index in [9.17, 15) is 14.0 Å². The van der Waals surface area contributed by atoms with Gasteiger partial charge in [-0.05, 0) is 31.6 Å². The van der Waals surface area contributed by atoms with Gasteiger partial charge in [0.05, 0.1) is 0 Å². The predicted octanol–water partition coefficient (Wildman–Crippen LogP) is 3.19. The smallest absolute Gasteiger partial charge is 0.328 e. The van der Waals surface area contributed by atoms with Crippen LogP contribution in [0.2, 0.25) is 0 Å². The van der Waals surface area contributed by atoms with Crippen LogP contribution in [0.15, 0.2) is 24.3 Å². The Labute approximate surface area is 123 Å². The van der Waals surface area contributed by atoms with Crippen LogP contribution in [-0.4, -0.2) is 35.0 Å². The summed E-state index contributed by atoms with van der Waals surface area (Å²) in [5.41, 5.74) is 0.420. The minimum atomic E-state index is -1.15. The van der Waals surface area contributed by atoms with Gasteiger partial charge in [-0.2, -0.15) is 0 Å². The monoisotopic (exact) mass is 293 g/mol. The van der Waals surface area contributed by atoms with E-state index < -0.39 is 11.8 Å². The molecule has 0 heterocycles. The Hall–Kier alpha value is -2.17. The summed E-state index contributed by atoms with van der Waals surface area (Å²) in [5, 5.41) is 8.53. The normalized spacial score (nSPS) is 10.8. The molecule has 0 aliphatic carbocycles. The van der Waals surface area contributed by atoms with Crippen molar-refractivity contribution in [3.05, 3.63) is 41.2 Å². The lowest BCUT2D eigenvalue weighted by atomic mass is 10.1. The van der Waals surface area contributed by atoms with Gasteiger partial charge >= 0.3 is 5.97 Å². The highest BCUT2D eigenvalue weighted by Gasteiger charge is 2.15. The van der Waals surface area contributed by atoms with Gasteiger partial charge in [-0.1, -0.05) is 19.4 Å². The van der Waals surface area contributed by atoms with Crippen LogP contribution >= 0.6 is 0 Å². The Morgan fingerprint density at radius 3 is 2.57 bits per heavy atom. The molecule has 0 aliphatic rings. The van der Waals surface area contributed by atoms with Gasteiger partial charge in [0.1, 0.15) is 5.82 Å². The van der Waals surface area contributed by atoms with Gasteiger partial charge in [0.2, 0.25) is 0 Å². The van der Waals surface area contributed by atoms with Crippen molar-refractivity contribution in [2.45, 2.75) is 26.7 Å². The number of rotatable bonds is 7. The van der Waals surface area contributed by atoms with E-state index >= 15 is 0 Å². The molecule has 1 aromatic rings. The SMILES string of the molecule is CCCCN(CC)C(=O)c1ccc(C=CC(=O)O)c(F)c1. The molecule has 5 heteroatoms. The number of unbranched alkanes of at least 4 members (excludes halogenated alkanes) is 1. The number of nitrogens with zero attached hydrogens (tertiary/aromatic N) is 1. The number of carboxylic acid groups (broad SMARTS) is 1. The van der Waals surface area contributed by atoms with E-state index in [1.165, 1.54) is 18.2 Å². The van der Waals surface area contributed by atoms with E-state index in [0.29, 0.717) is 13.1 Å². The van der Waals surface area contributed by atoms with E-state index in [1.54, 1.807) is 4.90 Å². The largest absolute Gasteiger partial charge is 0.478 e. The number of amides is 1. The molecule has 0 atom stereocenters. The molecule has 0 unspecified atom stereocenters. The van der Waals surface area contributed by atoms with Crippen molar-refractivity contribution < 1.29 is 19.1 Å². The summed E-state index contributed by atoms with van der Waals surface area (Å²) < 4.78 is 13.9. The molecule has 1 aromatic carbocycles. The molecule has 21 heavy (non-hydrogen) atoms. The molecule has 4 nitrogen and oxygen atoms in total. The van der Waals surface area contributed by atoms with Crippen molar-refractivity contribution >= 4 is 18.0 Å². The van der Waals surface area contributed by atoms with Crippen LogP contribution < -0.4 is 0 Å². The van der Waals surface area contributed by atoms with Gasteiger partial charge in [-0.15, -0.1) is 0 Å². The highest BCUT2D eigenvalue weighted by atomic mass is 19.1. The van der Waals surface area contributed by atoms with E-state index in [0.717, 1.165) is 25.0 Å². The highest BCUT2D eigenvalue weighted by Crippen LogP contribution is 2.14. The minimum absolute atomic E-state index is 0.144. The fourth-order valence-electron chi connectivity index (χ4n) is 1.89. The van der Waals surface area contributed by atoms with E-state index in [-0.39, 0.29) is 17.0 Å². The molecule has 0 fully saturated rings. The lowest BCUT2D eigenvalue weighted by Crippen LogP contribution is -2.31. The minimum Gasteiger partial charge on any atom is -0.478 e. The first-order chi connectivity index (χ1) is 9.99. The zero-order valence-corrected chi connectivity index (χ0v) is 12.3. The summed E-state index contributed by atoms with van der Waals surface area (Å²) in [5.74, 6) is -1.96.